The lowest BCUT2D eigenvalue weighted by molar-refractivity contribution is -0.121. The molecule has 0 spiro atoms. The number of rotatable bonds is 3. The van der Waals surface area contributed by atoms with Crippen LogP contribution >= 0.6 is 12.4 Å². The van der Waals surface area contributed by atoms with Crippen molar-refractivity contribution in [2.24, 2.45) is 11.8 Å². The summed E-state index contributed by atoms with van der Waals surface area (Å²) in [5.74, 6) is 0.698. The van der Waals surface area contributed by atoms with Gasteiger partial charge >= 0.3 is 0 Å². The summed E-state index contributed by atoms with van der Waals surface area (Å²) >= 11 is 0. The zero-order valence-electron chi connectivity index (χ0n) is 10.2. The topological polar surface area (TPSA) is 41.1 Å². The molecule has 1 aromatic rings. The third-order valence-electron chi connectivity index (χ3n) is 3.22. The van der Waals surface area contributed by atoms with Crippen LogP contribution in [0.5, 0.6) is 0 Å². The van der Waals surface area contributed by atoms with Crippen molar-refractivity contribution in [1.82, 2.24) is 5.32 Å². The molecular weight excluding hydrogens is 236 g/mol. The molecule has 1 fully saturated rings. The molecule has 0 aliphatic carbocycles. The second kappa shape index (κ2) is 6.03. The lowest BCUT2D eigenvalue weighted by Crippen LogP contribution is -2.48. The number of hydrogen-bond acceptors (Lipinski definition) is 2. The first-order chi connectivity index (χ1) is 7.66. The van der Waals surface area contributed by atoms with Crippen LogP contribution in [0.25, 0.3) is 0 Å². The van der Waals surface area contributed by atoms with Crippen molar-refractivity contribution in [3.05, 3.63) is 29.8 Å². The smallest absolute Gasteiger partial charge is 0.227 e. The minimum atomic E-state index is 0. The number of carbonyl (C=O) groups excluding carboxylic acids is 1. The van der Waals surface area contributed by atoms with Crippen LogP contribution in [0.4, 0.5) is 5.69 Å². The van der Waals surface area contributed by atoms with Crippen molar-refractivity contribution in [3.63, 3.8) is 0 Å². The Morgan fingerprint density at radius 3 is 2.71 bits per heavy atom. The first-order valence-corrected chi connectivity index (χ1v) is 5.75. The van der Waals surface area contributed by atoms with E-state index in [0.717, 1.165) is 24.3 Å². The fourth-order valence-corrected chi connectivity index (χ4v) is 1.86. The van der Waals surface area contributed by atoms with Crippen LogP contribution in [0.2, 0.25) is 0 Å². The molecule has 0 saturated carbocycles. The fourth-order valence-electron chi connectivity index (χ4n) is 1.86. The summed E-state index contributed by atoms with van der Waals surface area (Å²) in [6.07, 6.45) is 0. The van der Waals surface area contributed by atoms with Crippen LogP contribution in [0.15, 0.2) is 24.3 Å². The number of amides is 1. The molecule has 1 aliphatic rings. The fraction of sp³-hybridized carbons (Fsp3) is 0.462. The Balaban J connectivity index is 0.00000144. The van der Waals surface area contributed by atoms with Gasteiger partial charge < -0.3 is 10.6 Å². The van der Waals surface area contributed by atoms with Gasteiger partial charge in [0.2, 0.25) is 5.91 Å². The number of carbonyl (C=O) groups is 1. The molecular formula is C13H19ClN2O. The SMILES string of the molecule is Cc1cccc(NC(=O)C(C)C2CNC2)c1.Cl. The molecule has 1 saturated heterocycles. The van der Waals surface area contributed by atoms with E-state index in [1.807, 2.05) is 38.1 Å². The highest BCUT2D eigenvalue weighted by molar-refractivity contribution is 5.92. The summed E-state index contributed by atoms with van der Waals surface area (Å²) in [6.45, 7) is 5.94. The van der Waals surface area contributed by atoms with Gasteiger partial charge in [-0.3, -0.25) is 4.79 Å². The van der Waals surface area contributed by atoms with Gasteiger partial charge in [-0.05, 0) is 43.6 Å². The minimum Gasteiger partial charge on any atom is -0.326 e. The van der Waals surface area contributed by atoms with E-state index in [4.69, 9.17) is 0 Å². The largest absolute Gasteiger partial charge is 0.326 e. The highest BCUT2D eigenvalue weighted by atomic mass is 35.5. The van der Waals surface area contributed by atoms with Crippen LogP contribution < -0.4 is 10.6 Å². The van der Waals surface area contributed by atoms with E-state index in [1.165, 1.54) is 0 Å². The highest BCUT2D eigenvalue weighted by Gasteiger charge is 2.28. The maximum Gasteiger partial charge on any atom is 0.227 e. The molecule has 94 valence electrons. The summed E-state index contributed by atoms with van der Waals surface area (Å²) in [7, 11) is 0. The molecule has 2 N–H and O–H groups in total. The standard InChI is InChI=1S/C13H18N2O.ClH/c1-9-4-3-5-12(6-9)15-13(16)10(2)11-7-14-8-11;/h3-6,10-11,14H,7-8H2,1-2H3,(H,15,16);1H. The van der Waals surface area contributed by atoms with Crippen molar-refractivity contribution in [3.8, 4) is 0 Å². The molecule has 1 amide bonds. The molecule has 4 heteroatoms. The molecule has 3 nitrogen and oxygen atoms in total. The van der Waals surface area contributed by atoms with Crippen molar-refractivity contribution in [2.45, 2.75) is 13.8 Å². The van der Waals surface area contributed by atoms with Crippen molar-refractivity contribution < 1.29 is 4.79 Å². The summed E-state index contributed by atoms with van der Waals surface area (Å²) in [6, 6.07) is 7.90. The molecule has 2 rings (SSSR count). The highest BCUT2D eigenvalue weighted by Crippen LogP contribution is 2.18. The number of anilines is 1. The van der Waals surface area contributed by atoms with Gasteiger partial charge in [0.1, 0.15) is 0 Å². The van der Waals surface area contributed by atoms with E-state index in [1.54, 1.807) is 0 Å². The van der Waals surface area contributed by atoms with Gasteiger partial charge in [-0.25, -0.2) is 0 Å². The van der Waals surface area contributed by atoms with Crippen LogP contribution in [-0.4, -0.2) is 19.0 Å². The number of aryl methyl sites for hydroxylation is 1. The minimum absolute atomic E-state index is 0. The third kappa shape index (κ3) is 3.45. The lowest BCUT2D eigenvalue weighted by Gasteiger charge is -2.31. The summed E-state index contributed by atoms with van der Waals surface area (Å²) in [4.78, 5) is 11.9. The van der Waals surface area contributed by atoms with E-state index in [0.29, 0.717) is 5.92 Å². The summed E-state index contributed by atoms with van der Waals surface area (Å²) in [5.41, 5.74) is 2.06. The van der Waals surface area contributed by atoms with Gasteiger partial charge in [0, 0.05) is 11.6 Å². The molecule has 0 bridgehead atoms. The Morgan fingerprint density at radius 1 is 1.47 bits per heavy atom. The monoisotopic (exact) mass is 254 g/mol. The van der Waals surface area contributed by atoms with Crippen LogP contribution in [0.1, 0.15) is 12.5 Å². The Kier molecular flexibility index (Phi) is 4.97. The Labute approximate surface area is 108 Å². The van der Waals surface area contributed by atoms with Gasteiger partial charge in [-0.2, -0.15) is 0 Å². The predicted octanol–water partition coefficient (Wildman–Crippen LogP) is 2.21. The van der Waals surface area contributed by atoms with Gasteiger partial charge in [0.25, 0.3) is 0 Å². The number of hydrogen-bond donors (Lipinski definition) is 2. The van der Waals surface area contributed by atoms with Gasteiger partial charge in [0.05, 0.1) is 0 Å². The Morgan fingerprint density at radius 2 is 2.18 bits per heavy atom. The second-order valence-corrected chi connectivity index (χ2v) is 4.57. The van der Waals surface area contributed by atoms with E-state index in [-0.39, 0.29) is 24.2 Å². The Hall–Kier alpha value is -1.06. The quantitative estimate of drug-likeness (QED) is 0.869. The van der Waals surface area contributed by atoms with Crippen LogP contribution in [-0.2, 0) is 4.79 Å². The molecule has 1 heterocycles. The Bertz CT molecular complexity index is 391. The summed E-state index contributed by atoms with van der Waals surface area (Å²) in [5, 5.41) is 6.15. The molecule has 1 aromatic carbocycles. The number of benzene rings is 1. The van der Waals surface area contributed by atoms with Crippen molar-refractivity contribution in [2.75, 3.05) is 18.4 Å². The van der Waals surface area contributed by atoms with Crippen LogP contribution in [0.3, 0.4) is 0 Å². The molecule has 1 aliphatic heterocycles. The zero-order chi connectivity index (χ0) is 11.5. The number of halogens is 1. The third-order valence-corrected chi connectivity index (χ3v) is 3.22. The average molecular weight is 255 g/mol. The first kappa shape index (κ1) is 14.0. The number of nitrogens with one attached hydrogen (secondary N) is 2. The molecule has 0 radical (unpaired) electrons. The van der Waals surface area contributed by atoms with Gasteiger partial charge in [-0.15, -0.1) is 12.4 Å². The van der Waals surface area contributed by atoms with Crippen molar-refractivity contribution >= 4 is 24.0 Å². The normalized spacial score (nSPS) is 16.6. The van der Waals surface area contributed by atoms with Crippen molar-refractivity contribution in [1.29, 1.82) is 0 Å². The molecule has 1 unspecified atom stereocenters. The molecule has 0 aromatic heterocycles. The van der Waals surface area contributed by atoms with E-state index < -0.39 is 0 Å². The lowest BCUT2D eigenvalue weighted by atomic mass is 9.88. The average Bonchev–Trinajstić information content (AvgIpc) is 2.14. The van der Waals surface area contributed by atoms with Gasteiger partial charge in [-0.1, -0.05) is 19.1 Å². The zero-order valence-corrected chi connectivity index (χ0v) is 11.0. The molecule has 17 heavy (non-hydrogen) atoms. The van der Waals surface area contributed by atoms with Gasteiger partial charge in [0.15, 0.2) is 0 Å². The maximum atomic E-state index is 11.9. The predicted molar refractivity (Wildman–Crippen MR) is 72.6 cm³/mol. The first-order valence-electron chi connectivity index (χ1n) is 5.75. The maximum absolute atomic E-state index is 11.9. The summed E-state index contributed by atoms with van der Waals surface area (Å²) < 4.78 is 0. The molecule has 1 atom stereocenters. The second-order valence-electron chi connectivity index (χ2n) is 4.57. The van der Waals surface area contributed by atoms with E-state index >= 15 is 0 Å². The van der Waals surface area contributed by atoms with Crippen LogP contribution in [0, 0.1) is 18.8 Å². The van der Waals surface area contributed by atoms with E-state index in [2.05, 4.69) is 10.6 Å². The van der Waals surface area contributed by atoms with E-state index in [9.17, 15) is 4.79 Å².